The highest BCUT2D eigenvalue weighted by atomic mass is 79.9. The number of halogens is 2. The van der Waals surface area contributed by atoms with Crippen LogP contribution in [0.25, 0.3) is 0 Å². The number of nitrogens with zero attached hydrogens (tertiary/aromatic N) is 1. The van der Waals surface area contributed by atoms with Crippen LogP contribution < -0.4 is 0 Å². The Labute approximate surface area is 112 Å². The normalized spacial score (nSPS) is 13.0. The highest BCUT2D eigenvalue weighted by molar-refractivity contribution is 9.12. The first-order valence-corrected chi connectivity index (χ1v) is 7.45. The molecular formula is C9H7Br2NOS2. The van der Waals surface area contributed by atoms with Crippen LogP contribution in [-0.4, -0.2) is 10.1 Å². The summed E-state index contributed by atoms with van der Waals surface area (Å²) in [6.45, 7) is 0. The maximum atomic E-state index is 10.0. The SMILES string of the molecule is OC(Cc1cncs1)c1cc(Br)sc1Br. The molecule has 2 aromatic heterocycles. The van der Waals surface area contributed by atoms with E-state index in [4.69, 9.17) is 0 Å². The number of rotatable bonds is 3. The van der Waals surface area contributed by atoms with Crippen LogP contribution in [0.2, 0.25) is 0 Å². The van der Waals surface area contributed by atoms with Gasteiger partial charge in [-0.05, 0) is 37.9 Å². The third kappa shape index (κ3) is 2.88. The van der Waals surface area contributed by atoms with Crippen LogP contribution in [-0.2, 0) is 6.42 Å². The topological polar surface area (TPSA) is 33.1 Å². The molecule has 15 heavy (non-hydrogen) atoms. The van der Waals surface area contributed by atoms with E-state index in [1.165, 1.54) is 0 Å². The van der Waals surface area contributed by atoms with E-state index in [9.17, 15) is 5.11 Å². The Hall–Kier alpha value is 0.250. The third-order valence-corrected chi connectivity index (χ3v) is 5.11. The average Bonchev–Trinajstić information content (AvgIpc) is 2.75. The number of thiazole rings is 1. The number of hydrogen-bond donors (Lipinski definition) is 1. The zero-order chi connectivity index (χ0) is 10.8. The largest absolute Gasteiger partial charge is 0.388 e. The number of aliphatic hydroxyl groups excluding tert-OH is 1. The van der Waals surface area contributed by atoms with Gasteiger partial charge in [0.1, 0.15) is 0 Å². The minimum atomic E-state index is -0.470. The molecule has 2 heterocycles. The molecule has 0 saturated heterocycles. The van der Waals surface area contributed by atoms with E-state index in [0.717, 1.165) is 18.0 Å². The Bertz CT molecular complexity index is 441. The van der Waals surface area contributed by atoms with Crippen molar-refractivity contribution in [3.63, 3.8) is 0 Å². The first-order valence-electron chi connectivity index (χ1n) is 4.17. The van der Waals surface area contributed by atoms with E-state index >= 15 is 0 Å². The molecule has 0 aliphatic heterocycles. The minimum absolute atomic E-state index is 0.470. The molecule has 1 unspecified atom stereocenters. The van der Waals surface area contributed by atoms with Gasteiger partial charge in [0.15, 0.2) is 0 Å². The Balaban J connectivity index is 2.14. The van der Waals surface area contributed by atoms with Gasteiger partial charge < -0.3 is 5.11 Å². The molecule has 2 nitrogen and oxygen atoms in total. The van der Waals surface area contributed by atoms with Crippen molar-refractivity contribution in [2.75, 3.05) is 0 Å². The minimum Gasteiger partial charge on any atom is -0.388 e. The summed E-state index contributed by atoms with van der Waals surface area (Å²) in [6, 6.07) is 1.94. The van der Waals surface area contributed by atoms with Crippen molar-refractivity contribution < 1.29 is 5.11 Å². The lowest BCUT2D eigenvalue weighted by Gasteiger charge is -2.07. The first-order chi connectivity index (χ1) is 7.16. The van der Waals surface area contributed by atoms with Gasteiger partial charge in [0.05, 0.1) is 19.2 Å². The standard InChI is InChI=1S/C9H7Br2NOS2/c10-8-2-6(9(11)15-8)7(13)1-5-3-12-4-14-5/h2-4,7,13H,1H2. The lowest BCUT2D eigenvalue weighted by Crippen LogP contribution is -1.99. The number of thiophene rings is 1. The smallest absolute Gasteiger partial charge is 0.0858 e. The second kappa shape index (κ2) is 5.05. The van der Waals surface area contributed by atoms with Crippen molar-refractivity contribution in [3.8, 4) is 0 Å². The molecule has 80 valence electrons. The van der Waals surface area contributed by atoms with E-state index in [1.54, 1.807) is 34.4 Å². The molecule has 0 radical (unpaired) electrons. The Morgan fingerprint density at radius 2 is 2.27 bits per heavy atom. The Morgan fingerprint density at radius 3 is 2.80 bits per heavy atom. The van der Waals surface area contributed by atoms with Gasteiger partial charge in [0.2, 0.25) is 0 Å². The summed E-state index contributed by atoms with van der Waals surface area (Å²) >= 11 is 9.97. The third-order valence-electron chi connectivity index (χ3n) is 1.92. The molecule has 2 rings (SSSR count). The fraction of sp³-hybridized carbons (Fsp3) is 0.222. The molecule has 0 bridgehead atoms. The molecule has 1 N–H and O–H groups in total. The maximum Gasteiger partial charge on any atom is 0.0858 e. The van der Waals surface area contributed by atoms with E-state index in [-0.39, 0.29) is 0 Å². The summed E-state index contributed by atoms with van der Waals surface area (Å²) in [5.41, 5.74) is 2.71. The van der Waals surface area contributed by atoms with Crippen molar-refractivity contribution in [1.82, 2.24) is 4.98 Å². The van der Waals surface area contributed by atoms with Crippen molar-refractivity contribution in [1.29, 1.82) is 0 Å². The van der Waals surface area contributed by atoms with Crippen LogP contribution in [0.1, 0.15) is 16.5 Å². The van der Waals surface area contributed by atoms with Gasteiger partial charge in [0, 0.05) is 23.1 Å². The maximum absolute atomic E-state index is 10.0. The van der Waals surface area contributed by atoms with Crippen LogP contribution in [0.5, 0.6) is 0 Å². The number of aromatic nitrogens is 1. The molecular weight excluding hydrogens is 362 g/mol. The van der Waals surface area contributed by atoms with Gasteiger partial charge in [-0.15, -0.1) is 22.7 Å². The summed E-state index contributed by atoms with van der Waals surface area (Å²) in [7, 11) is 0. The molecule has 0 saturated carbocycles. The van der Waals surface area contributed by atoms with Gasteiger partial charge in [0.25, 0.3) is 0 Å². The molecule has 1 atom stereocenters. The molecule has 0 aromatic carbocycles. The van der Waals surface area contributed by atoms with E-state index in [1.807, 2.05) is 6.07 Å². The van der Waals surface area contributed by atoms with Gasteiger partial charge >= 0.3 is 0 Å². The molecule has 0 aliphatic rings. The fourth-order valence-electron chi connectivity index (χ4n) is 1.22. The van der Waals surface area contributed by atoms with Gasteiger partial charge in [-0.1, -0.05) is 0 Å². The average molecular weight is 369 g/mol. The van der Waals surface area contributed by atoms with Gasteiger partial charge in [-0.2, -0.15) is 0 Å². The quantitative estimate of drug-likeness (QED) is 0.887. The summed E-state index contributed by atoms with van der Waals surface area (Å²) in [6.07, 6.45) is 1.94. The van der Waals surface area contributed by atoms with Crippen LogP contribution in [0.4, 0.5) is 0 Å². The lowest BCUT2D eigenvalue weighted by atomic mass is 10.1. The van der Waals surface area contributed by atoms with Crippen molar-refractivity contribution in [2.45, 2.75) is 12.5 Å². The van der Waals surface area contributed by atoms with Crippen LogP contribution in [0.3, 0.4) is 0 Å². The predicted molar refractivity (Wildman–Crippen MR) is 70.5 cm³/mol. The highest BCUT2D eigenvalue weighted by Gasteiger charge is 2.15. The molecule has 0 amide bonds. The van der Waals surface area contributed by atoms with Crippen molar-refractivity contribution >= 4 is 54.5 Å². The van der Waals surface area contributed by atoms with Crippen molar-refractivity contribution in [2.24, 2.45) is 0 Å². The Kier molecular flexibility index (Phi) is 3.95. The summed E-state index contributed by atoms with van der Waals surface area (Å²) in [5.74, 6) is 0. The van der Waals surface area contributed by atoms with E-state index in [2.05, 4.69) is 36.8 Å². The summed E-state index contributed by atoms with van der Waals surface area (Å²) < 4.78 is 2.00. The zero-order valence-corrected chi connectivity index (χ0v) is 12.3. The molecule has 6 heteroatoms. The molecule has 0 aliphatic carbocycles. The van der Waals surface area contributed by atoms with Crippen LogP contribution >= 0.6 is 54.5 Å². The first kappa shape index (κ1) is 11.7. The Morgan fingerprint density at radius 1 is 1.47 bits per heavy atom. The highest BCUT2D eigenvalue weighted by Crippen LogP contribution is 2.36. The van der Waals surface area contributed by atoms with E-state index in [0.29, 0.717) is 6.42 Å². The zero-order valence-electron chi connectivity index (χ0n) is 7.48. The summed E-state index contributed by atoms with van der Waals surface area (Å²) in [5, 5.41) is 10.0. The van der Waals surface area contributed by atoms with Crippen LogP contribution in [0.15, 0.2) is 25.3 Å². The molecule has 0 fully saturated rings. The van der Waals surface area contributed by atoms with Crippen LogP contribution in [0, 0.1) is 0 Å². The predicted octanol–water partition coefficient (Wildman–Crippen LogP) is 4.01. The second-order valence-corrected chi connectivity index (χ2v) is 7.69. The van der Waals surface area contributed by atoms with Crippen molar-refractivity contribution in [3.05, 3.63) is 35.8 Å². The second-order valence-electron chi connectivity index (χ2n) is 2.97. The molecule has 2 aromatic rings. The van der Waals surface area contributed by atoms with Gasteiger partial charge in [-0.3, -0.25) is 4.98 Å². The summed E-state index contributed by atoms with van der Waals surface area (Å²) in [4.78, 5) is 5.08. The lowest BCUT2D eigenvalue weighted by molar-refractivity contribution is 0.179. The fourth-order valence-corrected chi connectivity index (χ4v) is 4.81. The van der Waals surface area contributed by atoms with E-state index < -0.39 is 6.10 Å². The van der Waals surface area contributed by atoms with Gasteiger partial charge in [-0.25, -0.2) is 0 Å². The molecule has 0 spiro atoms. The number of aliphatic hydroxyl groups is 1. The number of hydrogen-bond acceptors (Lipinski definition) is 4. The monoisotopic (exact) mass is 367 g/mol.